The first kappa shape index (κ1) is 17.1. The number of hydrogen-bond donors (Lipinski definition) is 1. The van der Waals surface area contributed by atoms with Crippen molar-refractivity contribution in [3.05, 3.63) is 48.8 Å². The van der Waals surface area contributed by atoms with Crippen LogP contribution in [-0.2, 0) is 5.41 Å². The second-order valence-corrected chi connectivity index (χ2v) is 8.58. The topological polar surface area (TPSA) is 24.9 Å². The third-order valence-electron chi connectivity index (χ3n) is 3.22. The molecule has 2 rings (SSSR count). The van der Waals surface area contributed by atoms with Gasteiger partial charge < -0.3 is 5.32 Å². The van der Waals surface area contributed by atoms with Gasteiger partial charge in [-0.3, -0.25) is 0 Å². The van der Waals surface area contributed by atoms with Gasteiger partial charge in [0, 0.05) is 19.7 Å². The normalized spacial score (nSPS) is 13.4. The highest BCUT2D eigenvalue weighted by molar-refractivity contribution is 9.13. The van der Waals surface area contributed by atoms with Crippen molar-refractivity contribution in [3.8, 4) is 0 Å². The molecule has 0 spiro atoms. The fourth-order valence-corrected chi connectivity index (χ4v) is 3.80. The van der Waals surface area contributed by atoms with E-state index in [1.54, 1.807) is 11.3 Å². The molecular weight excluding hydrogens is 412 g/mol. The van der Waals surface area contributed by atoms with Crippen LogP contribution >= 0.6 is 43.2 Å². The Hall–Kier alpha value is -0.230. The van der Waals surface area contributed by atoms with E-state index in [2.05, 4.69) is 88.5 Å². The standard InChI is InChI=1S/C16H20Br2N2S/c1-5-19-14(10-6-7-11(17)12(18)8-10)15-20-13(9-21-15)16(2,3)4/h6-9,14,19H,5H2,1-4H3. The molecule has 0 aliphatic heterocycles. The maximum absolute atomic E-state index is 4.86. The molecule has 2 aromatic rings. The molecular formula is C16H20Br2N2S. The molecule has 1 aromatic carbocycles. The SMILES string of the molecule is CCNC(c1ccc(Br)c(Br)c1)c1nc(C(C)(C)C)cs1. The first-order chi connectivity index (χ1) is 9.82. The van der Waals surface area contributed by atoms with Crippen LogP contribution in [-0.4, -0.2) is 11.5 Å². The molecule has 5 heteroatoms. The Bertz CT molecular complexity index is 617. The molecule has 1 N–H and O–H groups in total. The Kier molecular flexibility index (Phi) is 5.63. The molecule has 114 valence electrons. The Morgan fingerprint density at radius 1 is 1.24 bits per heavy atom. The minimum Gasteiger partial charge on any atom is -0.305 e. The lowest BCUT2D eigenvalue weighted by atomic mass is 9.93. The quantitative estimate of drug-likeness (QED) is 0.674. The van der Waals surface area contributed by atoms with E-state index in [0.717, 1.165) is 26.2 Å². The summed E-state index contributed by atoms with van der Waals surface area (Å²) in [4.78, 5) is 4.86. The monoisotopic (exact) mass is 430 g/mol. The van der Waals surface area contributed by atoms with Gasteiger partial charge >= 0.3 is 0 Å². The summed E-state index contributed by atoms with van der Waals surface area (Å²) in [5.74, 6) is 0. The predicted molar refractivity (Wildman–Crippen MR) is 98.2 cm³/mol. The minimum atomic E-state index is 0.0891. The highest BCUT2D eigenvalue weighted by Crippen LogP contribution is 2.32. The summed E-state index contributed by atoms with van der Waals surface area (Å²) >= 11 is 8.84. The maximum Gasteiger partial charge on any atom is 0.114 e. The van der Waals surface area contributed by atoms with Crippen molar-refractivity contribution < 1.29 is 0 Å². The van der Waals surface area contributed by atoms with Crippen LogP contribution in [0.3, 0.4) is 0 Å². The van der Waals surface area contributed by atoms with Crippen molar-refractivity contribution in [3.63, 3.8) is 0 Å². The first-order valence-corrected chi connectivity index (χ1v) is 9.43. The van der Waals surface area contributed by atoms with Crippen molar-refractivity contribution in [2.75, 3.05) is 6.54 Å². The predicted octanol–water partition coefficient (Wildman–Crippen LogP) is 5.66. The largest absolute Gasteiger partial charge is 0.305 e. The molecule has 0 saturated heterocycles. The lowest BCUT2D eigenvalue weighted by Crippen LogP contribution is -2.22. The van der Waals surface area contributed by atoms with E-state index in [9.17, 15) is 0 Å². The molecule has 1 atom stereocenters. The third kappa shape index (κ3) is 4.15. The molecule has 21 heavy (non-hydrogen) atoms. The van der Waals surface area contributed by atoms with Crippen molar-refractivity contribution in [1.29, 1.82) is 0 Å². The third-order valence-corrected chi connectivity index (χ3v) is 6.01. The summed E-state index contributed by atoms with van der Waals surface area (Å²) in [7, 11) is 0. The van der Waals surface area contributed by atoms with Crippen molar-refractivity contribution in [2.45, 2.75) is 39.2 Å². The summed E-state index contributed by atoms with van der Waals surface area (Å²) in [6.07, 6.45) is 0. The molecule has 0 aliphatic carbocycles. The zero-order valence-electron chi connectivity index (χ0n) is 12.7. The van der Waals surface area contributed by atoms with Crippen LogP contribution in [0, 0.1) is 0 Å². The summed E-state index contributed by atoms with van der Waals surface area (Å²) in [6, 6.07) is 6.50. The van der Waals surface area contributed by atoms with Crippen LogP contribution < -0.4 is 5.32 Å². The molecule has 0 radical (unpaired) electrons. The van der Waals surface area contributed by atoms with Crippen LogP contribution in [0.4, 0.5) is 0 Å². The highest BCUT2D eigenvalue weighted by atomic mass is 79.9. The summed E-state index contributed by atoms with van der Waals surface area (Å²) in [5, 5.41) is 6.83. The summed E-state index contributed by atoms with van der Waals surface area (Å²) in [6.45, 7) is 9.63. The van der Waals surface area contributed by atoms with Gasteiger partial charge in [-0.25, -0.2) is 4.98 Å². The number of thiazole rings is 1. The van der Waals surface area contributed by atoms with E-state index in [-0.39, 0.29) is 11.5 Å². The summed E-state index contributed by atoms with van der Waals surface area (Å²) in [5.41, 5.74) is 2.47. The molecule has 2 nitrogen and oxygen atoms in total. The Balaban J connectivity index is 2.38. The van der Waals surface area contributed by atoms with Crippen molar-refractivity contribution in [2.24, 2.45) is 0 Å². The van der Waals surface area contributed by atoms with Gasteiger partial charge in [0.2, 0.25) is 0 Å². The molecule has 0 bridgehead atoms. The minimum absolute atomic E-state index is 0.0891. The van der Waals surface area contributed by atoms with E-state index < -0.39 is 0 Å². The van der Waals surface area contributed by atoms with E-state index in [1.807, 2.05) is 0 Å². The van der Waals surface area contributed by atoms with Gasteiger partial charge in [0.1, 0.15) is 5.01 Å². The van der Waals surface area contributed by atoms with E-state index in [0.29, 0.717) is 0 Å². The van der Waals surface area contributed by atoms with Crippen molar-refractivity contribution in [1.82, 2.24) is 10.3 Å². The number of aromatic nitrogens is 1. The fourth-order valence-electron chi connectivity index (χ4n) is 2.01. The Morgan fingerprint density at radius 2 is 1.95 bits per heavy atom. The Morgan fingerprint density at radius 3 is 2.48 bits per heavy atom. The van der Waals surface area contributed by atoms with Crippen LogP contribution in [0.2, 0.25) is 0 Å². The lowest BCUT2D eigenvalue weighted by molar-refractivity contribution is 0.562. The number of nitrogens with one attached hydrogen (secondary N) is 1. The number of nitrogens with zero attached hydrogens (tertiary/aromatic N) is 1. The van der Waals surface area contributed by atoms with Gasteiger partial charge in [0.05, 0.1) is 11.7 Å². The molecule has 0 aliphatic rings. The van der Waals surface area contributed by atoms with Gasteiger partial charge in [0.25, 0.3) is 0 Å². The van der Waals surface area contributed by atoms with Crippen LogP contribution in [0.5, 0.6) is 0 Å². The van der Waals surface area contributed by atoms with Crippen LogP contribution in [0.25, 0.3) is 0 Å². The molecule has 1 aromatic heterocycles. The van der Waals surface area contributed by atoms with Crippen LogP contribution in [0.15, 0.2) is 32.5 Å². The van der Waals surface area contributed by atoms with E-state index in [4.69, 9.17) is 4.98 Å². The number of halogens is 2. The molecule has 0 amide bonds. The number of rotatable bonds is 4. The van der Waals surface area contributed by atoms with Gasteiger partial charge in [-0.1, -0.05) is 33.8 Å². The smallest absolute Gasteiger partial charge is 0.114 e. The number of benzene rings is 1. The second-order valence-electron chi connectivity index (χ2n) is 5.99. The van der Waals surface area contributed by atoms with E-state index >= 15 is 0 Å². The van der Waals surface area contributed by atoms with Crippen LogP contribution in [0.1, 0.15) is 50.0 Å². The lowest BCUT2D eigenvalue weighted by Gasteiger charge is -2.18. The highest BCUT2D eigenvalue weighted by Gasteiger charge is 2.22. The van der Waals surface area contributed by atoms with Gasteiger partial charge in [-0.05, 0) is 56.1 Å². The van der Waals surface area contributed by atoms with Crippen molar-refractivity contribution >= 4 is 43.2 Å². The van der Waals surface area contributed by atoms with Gasteiger partial charge in [-0.15, -0.1) is 11.3 Å². The maximum atomic E-state index is 4.86. The fraction of sp³-hybridized carbons (Fsp3) is 0.438. The van der Waals surface area contributed by atoms with Gasteiger partial charge in [-0.2, -0.15) is 0 Å². The summed E-state index contributed by atoms with van der Waals surface area (Å²) < 4.78 is 2.13. The molecule has 0 fully saturated rings. The molecule has 1 unspecified atom stereocenters. The molecule has 1 heterocycles. The van der Waals surface area contributed by atoms with Gasteiger partial charge in [0.15, 0.2) is 0 Å². The second kappa shape index (κ2) is 6.90. The first-order valence-electron chi connectivity index (χ1n) is 6.97. The number of hydrogen-bond acceptors (Lipinski definition) is 3. The average molecular weight is 432 g/mol. The molecule has 0 saturated carbocycles. The average Bonchev–Trinajstić information content (AvgIpc) is 2.89. The Labute approximate surface area is 147 Å². The van der Waals surface area contributed by atoms with E-state index in [1.165, 1.54) is 5.56 Å². The zero-order chi connectivity index (χ0) is 15.6. The zero-order valence-corrected chi connectivity index (χ0v) is 16.7.